The van der Waals surface area contributed by atoms with Crippen molar-refractivity contribution in [3.05, 3.63) is 88.3 Å². The number of rotatable bonds is 6. The monoisotopic (exact) mass is 456 g/mol. The Bertz CT molecular complexity index is 1340. The summed E-state index contributed by atoms with van der Waals surface area (Å²) in [4.78, 5) is 13.2. The average Bonchev–Trinajstić information content (AvgIpc) is 2.82. The van der Waals surface area contributed by atoms with Gasteiger partial charge in [0.05, 0.1) is 25.3 Å². The fourth-order valence-corrected chi connectivity index (χ4v) is 3.38. The van der Waals surface area contributed by atoms with Gasteiger partial charge in [0.25, 0.3) is 0 Å². The maximum absolute atomic E-state index is 13.2. The summed E-state index contributed by atoms with van der Waals surface area (Å²) in [5.74, 6) is 1.28. The molecule has 33 heavy (non-hydrogen) atoms. The van der Waals surface area contributed by atoms with Crippen LogP contribution in [-0.2, 0) is 12.8 Å². The maximum Gasteiger partial charge on any atom is 0.416 e. The molecule has 0 N–H and O–H groups in total. The van der Waals surface area contributed by atoms with Crippen molar-refractivity contribution in [1.29, 1.82) is 0 Å². The van der Waals surface area contributed by atoms with E-state index in [9.17, 15) is 18.0 Å². The van der Waals surface area contributed by atoms with Crippen LogP contribution in [0.3, 0.4) is 0 Å². The highest BCUT2D eigenvalue weighted by molar-refractivity contribution is 5.88. The third-order valence-corrected chi connectivity index (χ3v) is 5.10. The molecule has 4 rings (SSSR count). The van der Waals surface area contributed by atoms with Gasteiger partial charge in [-0.1, -0.05) is 24.3 Å². The first-order valence-electron chi connectivity index (χ1n) is 9.87. The molecule has 8 heteroatoms. The number of benzene rings is 3. The maximum atomic E-state index is 13.2. The standard InChI is InChI=1S/C25H19F3O5/c1-30-19-11-21(31-2)23-22(12-19)33-14-20(24(23)29)16-4-3-5-18(10-16)32-13-15-6-8-17(9-7-15)25(26,27)28/h3-12,14H,13H2,1-2H3. The van der Waals surface area contributed by atoms with Crippen molar-refractivity contribution < 1.29 is 31.8 Å². The average molecular weight is 456 g/mol. The Balaban J connectivity index is 1.61. The van der Waals surface area contributed by atoms with Crippen LogP contribution in [0.1, 0.15) is 11.1 Å². The van der Waals surface area contributed by atoms with E-state index in [1.54, 1.807) is 36.4 Å². The lowest BCUT2D eigenvalue weighted by Gasteiger charge is -2.11. The zero-order valence-corrected chi connectivity index (χ0v) is 17.7. The Morgan fingerprint density at radius 2 is 1.67 bits per heavy atom. The smallest absolute Gasteiger partial charge is 0.416 e. The van der Waals surface area contributed by atoms with E-state index in [0.29, 0.717) is 39.5 Å². The van der Waals surface area contributed by atoms with Crippen LogP contribution >= 0.6 is 0 Å². The summed E-state index contributed by atoms with van der Waals surface area (Å²) < 4.78 is 60.1. The molecule has 170 valence electrons. The van der Waals surface area contributed by atoms with E-state index < -0.39 is 11.7 Å². The van der Waals surface area contributed by atoms with Crippen molar-refractivity contribution in [2.45, 2.75) is 12.8 Å². The first kappa shape index (κ1) is 22.3. The van der Waals surface area contributed by atoms with Crippen molar-refractivity contribution in [1.82, 2.24) is 0 Å². The number of hydrogen-bond acceptors (Lipinski definition) is 5. The van der Waals surface area contributed by atoms with Crippen LogP contribution < -0.4 is 19.6 Å². The quantitative estimate of drug-likeness (QED) is 0.352. The second kappa shape index (κ2) is 8.90. The summed E-state index contributed by atoms with van der Waals surface area (Å²) in [5, 5.41) is 0.284. The summed E-state index contributed by atoms with van der Waals surface area (Å²) in [6.45, 7) is 0.0710. The van der Waals surface area contributed by atoms with E-state index >= 15 is 0 Å². The lowest BCUT2D eigenvalue weighted by molar-refractivity contribution is -0.137. The van der Waals surface area contributed by atoms with Gasteiger partial charge in [-0.25, -0.2) is 0 Å². The van der Waals surface area contributed by atoms with Gasteiger partial charge in [0.1, 0.15) is 41.1 Å². The van der Waals surface area contributed by atoms with Crippen molar-refractivity contribution >= 4 is 11.0 Å². The third-order valence-electron chi connectivity index (χ3n) is 5.10. The Hall–Kier alpha value is -3.94. The first-order valence-corrected chi connectivity index (χ1v) is 9.87. The van der Waals surface area contributed by atoms with Crippen LogP contribution in [0.15, 0.2) is 76.1 Å². The first-order chi connectivity index (χ1) is 15.8. The molecule has 3 aromatic carbocycles. The zero-order valence-electron chi connectivity index (χ0n) is 17.7. The van der Waals surface area contributed by atoms with Crippen LogP contribution in [0.2, 0.25) is 0 Å². The Morgan fingerprint density at radius 1 is 0.909 bits per heavy atom. The molecule has 0 aliphatic carbocycles. The lowest BCUT2D eigenvalue weighted by Crippen LogP contribution is -2.07. The number of halogens is 3. The number of hydrogen-bond donors (Lipinski definition) is 0. The summed E-state index contributed by atoms with van der Waals surface area (Å²) in [6.07, 6.45) is -3.03. The molecule has 4 aromatic rings. The Labute approximate surface area is 186 Å². The van der Waals surface area contributed by atoms with E-state index in [1.807, 2.05) is 0 Å². The topological polar surface area (TPSA) is 57.9 Å². The molecule has 0 saturated carbocycles. The van der Waals surface area contributed by atoms with E-state index in [1.165, 1.54) is 32.6 Å². The summed E-state index contributed by atoms with van der Waals surface area (Å²) >= 11 is 0. The summed E-state index contributed by atoms with van der Waals surface area (Å²) in [5.41, 5.74) is 0.784. The van der Waals surface area contributed by atoms with Gasteiger partial charge in [-0.3, -0.25) is 4.79 Å². The normalized spacial score (nSPS) is 11.4. The van der Waals surface area contributed by atoms with Crippen molar-refractivity contribution in [3.63, 3.8) is 0 Å². The van der Waals surface area contributed by atoms with E-state index in [4.69, 9.17) is 18.6 Å². The molecule has 0 saturated heterocycles. The highest BCUT2D eigenvalue weighted by Gasteiger charge is 2.29. The fourth-order valence-electron chi connectivity index (χ4n) is 3.38. The van der Waals surface area contributed by atoms with E-state index in [0.717, 1.165) is 12.1 Å². The molecular weight excluding hydrogens is 437 g/mol. The third kappa shape index (κ3) is 4.64. The molecule has 0 radical (unpaired) electrons. The summed E-state index contributed by atoms with van der Waals surface area (Å²) in [6, 6.07) is 14.8. The van der Waals surface area contributed by atoms with Gasteiger partial charge in [-0.15, -0.1) is 0 Å². The Morgan fingerprint density at radius 3 is 2.33 bits per heavy atom. The highest BCUT2D eigenvalue weighted by Crippen LogP contribution is 2.32. The second-order valence-electron chi connectivity index (χ2n) is 7.19. The molecule has 0 fully saturated rings. The van der Waals surface area contributed by atoms with Gasteiger partial charge in [-0.2, -0.15) is 13.2 Å². The molecule has 1 heterocycles. The van der Waals surface area contributed by atoms with Crippen molar-refractivity contribution in [3.8, 4) is 28.4 Å². The zero-order chi connectivity index (χ0) is 23.6. The van der Waals surface area contributed by atoms with Gasteiger partial charge in [0.2, 0.25) is 5.43 Å². The van der Waals surface area contributed by atoms with Gasteiger partial charge >= 0.3 is 6.18 Å². The van der Waals surface area contributed by atoms with Gasteiger partial charge < -0.3 is 18.6 Å². The largest absolute Gasteiger partial charge is 0.496 e. The van der Waals surface area contributed by atoms with Crippen LogP contribution in [-0.4, -0.2) is 14.2 Å². The molecule has 5 nitrogen and oxygen atoms in total. The number of fused-ring (bicyclic) bond motifs is 1. The summed E-state index contributed by atoms with van der Waals surface area (Å²) in [7, 11) is 2.96. The molecule has 0 atom stereocenters. The van der Waals surface area contributed by atoms with Gasteiger partial charge in [-0.05, 0) is 35.4 Å². The van der Waals surface area contributed by atoms with E-state index in [2.05, 4.69) is 0 Å². The van der Waals surface area contributed by atoms with Crippen LogP contribution in [0.4, 0.5) is 13.2 Å². The number of ether oxygens (including phenoxy) is 3. The van der Waals surface area contributed by atoms with E-state index in [-0.39, 0.29) is 17.4 Å². The molecule has 0 unspecified atom stereocenters. The molecule has 0 amide bonds. The lowest BCUT2D eigenvalue weighted by atomic mass is 10.0. The molecular formula is C25H19F3O5. The van der Waals surface area contributed by atoms with Crippen LogP contribution in [0, 0.1) is 0 Å². The minimum absolute atomic E-state index is 0.0710. The van der Waals surface area contributed by atoms with Crippen LogP contribution in [0.5, 0.6) is 17.2 Å². The predicted molar refractivity (Wildman–Crippen MR) is 117 cm³/mol. The number of alkyl halides is 3. The van der Waals surface area contributed by atoms with Crippen molar-refractivity contribution in [2.24, 2.45) is 0 Å². The molecule has 0 aliphatic rings. The minimum atomic E-state index is -4.39. The SMILES string of the molecule is COc1cc(OC)c2c(=O)c(-c3cccc(OCc4ccc(C(F)(F)F)cc4)c3)coc2c1. The number of methoxy groups -OCH3 is 2. The minimum Gasteiger partial charge on any atom is -0.496 e. The van der Waals surface area contributed by atoms with Crippen LogP contribution in [0.25, 0.3) is 22.1 Å². The van der Waals surface area contributed by atoms with Gasteiger partial charge in [0.15, 0.2) is 0 Å². The molecule has 1 aromatic heterocycles. The Kier molecular flexibility index (Phi) is 6.00. The molecule has 0 bridgehead atoms. The highest BCUT2D eigenvalue weighted by atomic mass is 19.4. The fraction of sp³-hybridized carbons (Fsp3) is 0.160. The second-order valence-corrected chi connectivity index (χ2v) is 7.19. The predicted octanol–water partition coefficient (Wildman–Crippen LogP) is 6.08. The molecule has 0 aliphatic heterocycles. The van der Waals surface area contributed by atoms with Crippen molar-refractivity contribution in [2.75, 3.05) is 14.2 Å². The van der Waals surface area contributed by atoms with Gasteiger partial charge in [0, 0.05) is 12.1 Å². The molecule has 0 spiro atoms.